The van der Waals surface area contributed by atoms with E-state index in [0.717, 1.165) is 25.1 Å². The maximum absolute atomic E-state index is 12.5. The number of carbonyl (C=O) groups excluding carboxylic acids is 1. The molecule has 2 aliphatic heterocycles. The van der Waals surface area contributed by atoms with Crippen molar-refractivity contribution in [2.75, 3.05) is 39.3 Å². The molecule has 1 aromatic heterocycles. The first-order valence-electron chi connectivity index (χ1n) is 9.26. The van der Waals surface area contributed by atoms with Gasteiger partial charge in [-0.1, -0.05) is 6.42 Å². The van der Waals surface area contributed by atoms with Crippen molar-refractivity contribution < 1.29 is 9.90 Å². The summed E-state index contributed by atoms with van der Waals surface area (Å²) in [5.41, 5.74) is 1.15. The van der Waals surface area contributed by atoms with Crippen LogP contribution in [0.4, 0.5) is 0 Å². The van der Waals surface area contributed by atoms with Gasteiger partial charge in [-0.3, -0.25) is 9.78 Å². The van der Waals surface area contributed by atoms with Gasteiger partial charge in [-0.25, -0.2) is 0 Å². The second-order valence-electron chi connectivity index (χ2n) is 7.22. The molecule has 24 heavy (non-hydrogen) atoms. The Morgan fingerprint density at radius 1 is 1.12 bits per heavy atom. The second-order valence-corrected chi connectivity index (χ2v) is 7.22. The Balaban J connectivity index is 1.50. The van der Waals surface area contributed by atoms with Crippen molar-refractivity contribution in [1.29, 1.82) is 0 Å². The van der Waals surface area contributed by atoms with E-state index >= 15 is 0 Å². The van der Waals surface area contributed by atoms with Crippen LogP contribution in [0.2, 0.25) is 0 Å². The van der Waals surface area contributed by atoms with Crippen LogP contribution in [0, 0.1) is 11.8 Å². The third-order valence-corrected chi connectivity index (χ3v) is 5.48. The number of aromatic nitrogens is 1. The zero-order valence-electron chi connectivity index (χ0n) is 14.4. The Morgan fingerprint density at radius 2 is 1.83 bits per heavy atom. The van der Waals surface area contributed by atoms with Crippen molar-refractivity contribution in [2.24, 2.45) is 11.8 Å². The number of amides is 1. The van der Waals surface area contributed by atoms with Gasteiger partial charge in [0.15, 0.2) is 0 Å². The smallest absolute Gasteiger partial charge is 0.222 e. The van der Waals surface area contributed by atoms with Crippen LogP contribution >= 0.6 is 0 Å². The summed E-state index contributed by atoms with van der Waals surface area (Å²) in [6, 6.07) is 3.93. The largest absolute Gasteiger partial charge is 0.396 e. The number of nitrogens with zero attached hydrogens (tertiary/aromatic N) is 3. The highest BCUT2D eigenvalue weighted by Crippen LogP contribution is 2.26. The van der Waals surface area contributed by atoms with E-state index in [-0.39, 0.29) is 18.4 Å². The minimum Gasteiger partial charge on any atom is -0.396 e. The molecule has 1 aromatic rings. The van der Waals surface area contributed by atoms with Gasteiger partial charge in [-0.2, -0.15) is 0 Å². The number of aliphatic hydroxyl groups is 1. The van der Waals surface area contributed by atoms with E-state index < -0.39 is 0 Å². The van der Waals surface area contributed by atoms with Crippen LogP contribution in [-0.4, -0.2) is 65.1 Å². The zero-order chi connectivity index (χ0) is 16.8. The Hall–Kier alpha value is -1.46. The number of carbonyl (C=O) groups is 1. The van der Waals surface area contributed by atoms with Crippen molar-refractivity contribution in [3.05, 3.63) is 30.1 Å². The Labute approximate surface area is 144 Å². The molecule has 5 nitrogen and oxygen atoms in total. The molecule has 132 valence electrons. The standard InChI is InChI=1S/C19H29N3O2/c23-15-18-14-22(13-17(18)12-21-10-2-1-3-11-21)19(24)5-4-16-6-8-20-9-7-16/h6-9,17-18,23H,1-5,10-15H2/t17-,18-/m1/s1. The van der Waals surface area contributed by atoms with Gasteiger partial charge in [-0.15, -0.1) is 0 Å². The van der Waals surface area contributed by atoms with Gasteiger partial charge < -0.3 is 14.9 Å². The Morgan fingerprint density at radius 3 is 2.54 bits per heavy atom. The van der Waals surface area contributed by atoms with Crippen LogP contribution in [0.1, 0.15) is 31.2 Å². The number of hydrogen-bond acceptors (Lipinski definition) is 4. The van der Waals surface area contributed by atoms with Crippen LogP contribution in [0.3, 0.4) is 0 Å². The van der Waals surface area contributed by atoms with Gasteiger partial charge in [0, 0.05) is 51.0 Å². The molecule has 5 heteroatoms. The van der Waals surface area contributed by atoms with E-state index in [1.807, 2.05) is 17.0 Å². The van der Waals surface area contributed by atoms with Gasteiger partial charge in [0.2, 0.25) is 5.91 Å². The summed E-state index contributed by atoms with van der Waals surface area (Å²) in [6.07, 6.45) is 8.75. The fourth-order valence-electron chi connectivity index (χ4n) is 3.99. The maximum atomic E-state index is 12.5. The summed E-state index contributed by atoms with van der Waals surface area (Å²) in [4.78, 5) is 21.0. The SMILES string of the molecule is O=C(CCc1ccncc1)N1C[C@@H](CN2CCCCC2)[C@@H](CO)C1. The zero-order valence-corrected chi connectivity index (χ0v) is 14.4. The minimum atomic E-state index is 0.187. The lowest BCUT2D eigenvalue weighted by atomic mass is 9.95. The number of piperidine rings is 1. The molecule has 0 aliphatic carbocycles. The number of pyridine rings is 1. The third kappa shape index (κ3) is 4.54. The van der Waals surface area contributed by atoms with E-state index in [1.165, 1.54) is 32.4 Å². The van der Waals surface area contributed by atoms with E-state index in [0.29, 0.717) is 18.9 Å². The van der Waals surface area contributed by atoms with E-state index in [1.54, 1.807) is 12.4 Å². The first kappa shape index (κ1) is 17.4. The van der Waals surface area contributed by atoms with Gasteiger partial charge in [0.25, 0.3) is 0 Å². The lowest BCUT2D eigenvalue weighted by Gasteiger charge is -2.30. The topological polar surface area (TPSA) is 56.7 Å². The molecule has 0 bridgehead atoms. The van der Waals surface area contributed by atoms with Crippen LogP contribution in [0.15, 0.2) is 24.5 Å². The van der Waals surface area contributed by atoms with Gasteiger partial charge in [-0.05, 0) is 56.0 Å². The molecule has 2 saturated heterocycles. The first-order valence-corrected chi connectivity index (χ1v) is 9.26. The Bertz CT molecular complexity index is 517. The van der Waals surface area contributed by atoms with Crippen molar-refractivity contribution in [2.45, 2.75) is 32.1 Å². The Kier molecular flexibility index (Phi) is 6.21. The summed E-state index contributed by atoms with van der Waals surface area (Å²) < 4.78 is 0. The molecule has 0 unspecified atom stereocenters. The average Bonchev–Trinajstić information content (AvgIpc) is 3.04. The van der Waals surface area contributed by atoms with Crippen molar-refractivity contribution in [3.8, 4) is 0 Å². The lowest BCUT2D eigenvalue weighted by Crippen LogP contribution is -2.37. The molecule has 2 aliphatic rings. The van der Waals surface area contributed by atoms with Crippen LogP contribution < -0.4 is 0 Å². The molecule has 0 aromatic carbocycles. The highest BCUT2D eigenvalue weighted by molar-refractivity contribution is 5.76. The van der Waals surface area contributed by atoms with Gasteiger partial charge in [0.1, 0.15) is 0 Å². The number of likely N-dealkylation sites (tertiary alicyclic amines) is 2. The molecule has 3 heterocycles. The molecular weight excluding hydrogens is 302 g/mol. The average molecular weight is 331 g/mol. The van der Waals surface area contributed by atoms with Gasteiger partial charge >= 0.3 is 0 Å². The third-order valence-electron chi connectivity index (χ3n) is 5.48. The molecule has 1 N–H and O–H groups in total. The van der Waals surface area contributed by atoms with Crippen molar-refractivity contribution >= 4 is 5.91 Å². The summed E-state index contributed by atoms with van der Waals surface area (Å²) in [6.45, 7) is 5.07. The molecule has 0 saturated carbocycles. The predicted octanol–water partition coefficient (Wildman–Crippen LogP) is 1.57. The highest BCUT2D eigenvalue weighted by atomic mass is 16.3. The van der Waals surface area contributed by atoms with E-state index in [9.17, 15) is 9.90 Å². The molecule has 2 fully saturated rings. The minimum absolute atomic E-state index is 0.187. The van der Waals surface area contributed by atoms with Gasteiger partial charge in [0.05, 0.1) is 0 Å². The number of aliphatic hydroxyl groups excluding tert-OH is 1. The molecule has 2 atom stereocenters. The van der Waals surface area contributed by atoms with Crippen molar-refractivity contribution in [1.82, 2.24) is 14.8 Å². The molecule has 1 amide bonds. The molecule has 0 spiro atoms. The monoisotopic (exact) mass is 331 g/mol. The normalized spacial score (nSPS) is 25.1. The van der Waals surface area contributed by atoms with E-state index in [4.69, 9.17) is 0 Å². The lowest BCUT2D eigenvalue weighted by molar-refractivity contribution is -0.130. The quantitative estimate of drug-likeness (QED) is 0.860. The summed E-state index contributed by atoms with van der Waals surface area (Å²) in [5.74, 6) is 0.862. The van der Waals surface area contributed by atoms with Crippen LogP contribution in [0.5, 0.6) is 0 Å². The summed E-state index contributed by atoms with van der Waals surface area (Å²) in [7, 11) is 0. The number of hydrogen-bond donors (Lipinski definition) is 1. The second kappa shape index (κ2) is 8.58. The maximum Gasteiger partial charge on any atom is 0.222 e. The summed E-state index contributed by atoms with van der Waals surface area (Å²) >= 11 is 0. The van der Waals surface area contributed by atoms with Crippen LogP contribution in [0.25, 0.3) is 0 Å². The number of rotatable bonds is 6. The van der Waals surface area contributed by atoms with Crippen LogP contribution in [-0.2, 0) is 11.2 Å². The fraction of sp³-hybridized carbons (Fsp3) is 0.684. The number of aryl methyl sites for hydroxylation is 1. The molecular formula is C19H29N3O2. The fourth-order valence-corrected chi connectivity index (χ4v) is 3.99. The first-order chi connectivity index (χ1) is 11.8. The summed E-state index contributed by atoms with van der Waals surface area (Å²) in [5, 5.41) is 9.71. The molecule has 3 rings (SSSR count). The highest BCUT2D eigenvalue weighted by Gasteiger charge is 2.35. The van der Waals surface area contributed by atoms with Crippen molar-refractivity contribution in [3.63, 3.8) is 0 Å². The van der Waals surface area contributed by atoms with E-state index in [2.05, 4.69) is 9.88 Å². The predicted molar refractivity (Wildman–Crippen MR) is 93.5 cm³/mol. The molecule has 0 radical (unpaired) electrons.